The van der Waals surface area contributed by atoms with Gasteiger partial charge in [0.2, 0.25) is 21.8 Å². The average Bonchev–Trinajstić information content (AvgIpc) is 2.98. The summed E-state index contributed by atoms with van der Waals surface area (Å²) in [5.41, 5.74) is 1.72. The molecule has 0 aromatic heterocycles. The zero-order valence-electron chi connectivity index (χ0n) is 24.3. The number of hydrogen-bond acceptors (Lipinski definition) is 5. The van der Waals surface area contributed by atoms with Crippen molar-refractivity contribution in [2.75, 3.05) is 24.2 Å². The fraction of sp³-hybridized carbons (Fsp3) is 0.375. The van der Waals surface area contributed by atoms with Crippen LogP contribution in [-0.4, -0.2) is 57.1 Å². The number of halogens is 2. The third kappa shape index (κ3) is 9.11. The van der Waals surface area contributed by atoms with Gasteiger partial charge in [0.15, 0.2) is 0 Å². The Morgan fingerprint density at radius 2 is 1.65 bits per heavy atom. The van der Waals surface area contributed by atoms with Crippen molar-refractivity contribution < 1.29 is 22.7 Å². The summed E-state index contributed by atoms with van der Waals surface area (Å²) < 4.78 is 32.3. The monoisotopic (exact) mass is 645 g/mol. The molecule has 43 heavy (non-hydrogen) atoms. The van der Waals surface area contributed by atoms with E-state index in [2.05, 4.69) is 5.32 Å². The van der Waals surface area contributed by atoms with Gasteiger partial charge in [-0.05, 0) is 54.3 Å². The second-order valence-corrected chi connectivity index (χ2v) is 13.5. The summed E-state index contributed by atoms with van der Waals surface area (Å²) in [7, 11) is -2.40. The molecule has 0 unspecified atom stereocenters. The maximum absolute atomic E-state index is 14.3. The number of methoxy groups -OCH3 is 1. The molecule has 2 amide bonds. The molecule has 3 aromatic carbocycles. The molecule has 1 atom stereocenters. The lowest BCUT2D eigenvalue weighted by atomic mass is 9.94. The van der Waals surface area contributed by atoms with Crippen LogP contribution in [0.3, 0.4) is 0 Å². The van der Waals surface area contributed by atoms with E-state index in [9.17, 15) is 18.0 Å². The van der Waals surface area contributed by atoms with Gasteiger partial charge in [0.1, 0.15) is 18.3 Å². The van der Waals surface area contributed by atoms with Crippen LogP contribution in [0.2, 0.25) is 10.0 Å². The van der Waals surface area contributed by atoms with Crippen molar-refractivity contribution in [1.82, 2.24) is 10.2 Å². The Kier molecular flexibility index (Phi) is 11.3. The summed E-state index contributed by atoms with van der Waals surface area (Å²) in [6.07, 6.45) is 6.21. The van der Waals surface area contributed by atoms with Crippen LogP contribution in [0.5, 0.6) is 5.75 Å². The third-order valence-electron chi connectivity index (χ3n) is 7.57. The summed E-state index contributed by atoms with van der Waals surface area (Å²) in [6.45, 7) is -0.510. The first-order chi connectivity index (χ1) is 20.5. The molecule has 0 radical (unpaired) electrons. The first-order valence-corrected chi connectivity index (χ1v) is 16.8. The predicted octanol–water partition coefficient (Wildman–Crippen LogP) is 5.86. The minimum atomic E-state index is -3.96. The number of sulfonamides is 1. The molecule has 11 heteroatoms. The van der Waals surface area contributed by atoms with Gasteiger partial charge in [-0.3, -0.25) is 13.9 Å². The van der Waals surface area contributed by atoms with E-state index < -0.39 is 28.5 Å². The van der Waals surface area contributed by atoms with E-state index in [1.807, 2.05) is 36.4 Å². The molecule has 1 aliphatic rings. The standard InChI is InChI=1S/C32H37Cl2N3O5S/c1-42-27-15-9-12-24(18-27)21-36(31(38)22-37(43(2,40)41)29-17-16-25(33)20-28(29)34)30(19-23-10-5-3-6-11-23)32(39)35-26-13-7-4-8-14-26/h3,5-6,9-12,15-18,20,26,30H,4,7-8,13-14,19,21-22H2,1-2H3,(H,35,39)/t30-/m0/s1. The van der Waals surface area contributed by atoms with E-state index in [0.29, 0.717) is 10.8 Å². The first-order valence-electron chi connectivity index (χ1n) is 14.2. The van der Waals surface area contributed by atoms with Crippen LogP contribution in [0.1, 0.15) is 43.2 Å². The molecule has 3 aromatic rings. The van der Waals surface area contributed by atoms with Crippen molar-refractivity contribution in [3.8, 4) is 5.75 Å². The number of ether oxygens (including phenoxy) is 1. The highest BCUT2D eigenvalue weighted by atomic mass is 35.5. The number of carbonyl (C=O) groups is 2. The molecule has 1 saturated carbocycles. The molecule has 0 aliphatic heterocycles. The Balaban J connectivity index is 1.75. The fourth-order valence-electron chi connectivity index (χ4n) is 5.34. The Morgan fingerprint density at radius 1 is 0.953 bits per heavy atom. The third-order valence-corrected chi connectivity index (χ3v) is 9.23. The lowest BCUT2D eigenvalue weighted by molar-refractivity contribution is -0.140. The van der Waals surface area contributed by atoms with Gasteiger partial charge < -0.3 is 15.0 Å². The van der Waals surface area contributed by atoms with Gasteiger partial charge >= 0.3 is 0 Å². The van der Waals surface area contributed by atoms with Crippen molar-refractivity contribution >= 4 is 50.7 Å². The SMILES string of the molecule is COc1cccc(CN(C(=O)CN(c2ccc(Cl)cc2Cl)S(C)(=O)=O)[C@@H](Cc2ccccc2)C(=O)NC2CCCCC2)c1. The molecule has 0 spiro atoms. The maximum atomic E-state index is 14.3. The fourth-order valence-corrected chi connectivity index (χ4v) is 6.77. The molecule has 1 aliphatic carbocycles. The number of amides is 2. The van der Waals surface area contributed by atoms with Crippen LogP contribution in [0.4, 0.5) is 5.69 Å². The topological polar surface area (TPSA) is 96.0 Å². The van der Waals surface area contributed by atoms with Crippen LogP contribution >= 0.6 is 23.2 Å². The molecule has 0 heterocycles. The van der Waals surface area contributed by atoms with E-state index in [4.69, 9.17) is 27.9 Å². The summed E-state index contributed by atoms with van der Waals surface area (Å²) in [6, 6.07) is 20.2. The van der Waals surface area contributed by atoms with Crippen LogP contribution in [-0.2, 0) is 32.6 Å². The molecule has 8 nitrogen and oxygen atoms in total. The lowest BCUT2D eigenvalue weighted by Gasteiger charge is -2.35. The number of nitrogens with zero attached hydrogens (tertiary/aromatic N) is 2. The van der Waals surface area contributed by atoms with E-state index in [0.717, 1.165) is 53.8 Å². The largest absolute Gasteiger partial charge is 0.497 e. The molecular formula is C32H37Cl2N3O5S. The Bertz CT molecular complexity index is 1510. The number of nitrogens with one attached hydrogen (secondary N) is 1. The molecule has 0 saturated heterocycles. The Labute approximate surface area is 264 Å². The summed E-state index contributed by atoms with van der Waals surface area (Å²) in [4.78, 5) is 29.8. The van der Waals surface area contributed by atoms with Gasteiger partial charge in [0, 0.05) is 24.0 Å². The van der Waals surface area contributed by atoms with Gasteiger partial charge in [0.05, 0.1) is 24.1 Å². The predicted molar refractivity (Wildman–Crippen MR) is 171 cm³/mol. The van der Waals surface area contributed by atoms with E-state index in [1.165, 1.54) is 23.1 Å². The Morgan fingerprint density at radius 3 is 2.30 bits per heavy atom. The maximum Gasteiger partial charge on any atom is 0.244 e. The highest BCUT2D eigenvalue weighted by Gasteiger charge is 2.34. The van der Waals surface area contributed by atoms with E-state index in [1.54, 1.807) is 25.3 Å². The number of carbonyl (C=O) groups excluding carboxylic acids is 2. The summed E-state index contributed by atoms with van der Waals surface area (Å²) in [5, 5.41) is 3.60. The summed E-state index contributed by atoms with van der Waals surface area (Å²) in [5.74, 6) is -0.233. The van der Waals surface area contributed by atoms with Gasteiger partial charge in [-0.1, -0.05) is 84.9 Å². The summed E-state index contributed by atoms with van der Waals surface area (Å²) >= 11 is 12.4. The van der Waals surface area contributed by atoms with Gasteiger partial charge in [-0.15, -0.1) is 0 Å². The minimum absolute atomic E-state index is 0.0219. The van der Waals surface area contributed by atoms with Crippen LogP contribution in [0.25, 0.3) is 0 Å². The van der Waals surface area contributed by atoms with Crippen molar-refractivity contribution in [2.24, 2.45) is 0 Å². The zero-order chi connectivity index (χ0) is 31.0. The number of hydrogen-bond donors (Lipinski definition) is 1. The molecular weight excluding hydrogens is 609 g/mol. The molecule has 4 rings (SSSR count). The highest BCUT2D eigenvalue weighted by Crippen LogP contribution is 2.31. The molecule has 1 fully saturated rings. The quantitative estimate of drug-likeness (QED) is 0.266. The number of anilines is 1. The number of rotatable bonds is 12. The van der Waals surface area contributed by atoms with Crippen molar-refractivity contribution in [2.45, 2.75) is 57.2 Å². The smallest absolute Gasteiger partial charge is 0.244 e. The highest BCUT2D eigenvalue weighted by molar-refractivity contribution is 7.92. The second kappa shape index (κ2) is 14.9. The van der Waals surface area contributed by atoms with Gasteiger partial charge in [-0.25, -0.2) is 8.42 Å². The molecule has 1 N–H and O–H groups in total. The Hall–Kier alpha value is -3.27. The van der Waals surface area contributed by atoms with Gasteiger partial charge in [0.25, 0.3) is 0 Å². The average molecular weight is 647 g/mol. The number of benzene rings is 3. The van der Waals surface area contributed by atoms with Crippen molar-refractivity contribution in [1.29, 1.82) is 0 Å². The van der Waals surface area contributed by atoms with Crippen molar-refractivity contribution in [3.63, 3.8) is 0 Å². The normalized spacial score (nSPS) is 14.5. The second-order valence-electron chi connectivity index (χ2n) is 10.8. The van der Waals surface area contributed by atoms with Crippen molar-refractivity contribution in [3.05, 3.63) is 94.0 Å². The van der Waals surface area contributed by atoms with Gasteiger partial charge in [-0.2, -0.15) is 0 Å². The molecule has 0 bridgehead atoms. The van der Waals surface area contributed by atoms with E-state index >= 15 is 0 Å². The van der Waals surface area contributed by atoms with Crippen LogP contribution < -0.4 is 14.4 Å². The minimum Gasteiger partial charge on any atom is -0.497 e. The first kappa shape index (κ1) is 32.6. The van der Waals surface area contributed by atoms with Crippen LogP contribution in [0, 0.1) is 0 Å². The molecule has 230 valence electrons. The lowest BCUT2D eigenvalue weighted by Crippen LogP contribution is -2.55. The van der Waals surface area contributed by atoms with Crippen LogP contribution in [0.15, 0.2) is 72.8 Å². The van der Waals surface area contributed by atoms with E-state index in [-0.39, 0.29) is 35.6 Å². The zero-order valence-corrected chi connectivity index (χ0v) is 26.7.